The first-order chi connectivity index (χ1) is 13.6. The minimum Gasteiger partial charge on any atom is -0.454 e. The van der Waals surface area contributed by atoms with E-state index >= 15 is 0 Å². The van der Waals surface area contributed by atoms with Gasteiger partial charge in [-0.15, -0.1) is 0 Å². The Bertz CT molecular complexity index is 868. The number of para-hydroxylation sites is 1. The van der Waals surface area contributed by atoms with E-state index in [1.54, 1.807) is 6.07 Å². The largest absolute Gasteiger partial charge is 0.454 e. The van der Waals surface area contributed by atoms with Crippen LogP contribution in [0.5, 0.6) is 11.5 Å². The fourth-order valence-corrected chi connectivity index (χ4v) is 2.73. The zero-order valence-corrected chi connectivity index (χ0v) is 16.0. The van der Waals surface area contributed by atoms with Gasteiger partial charge in [-0.1, -0.05) is 23.4 Å². The molecule has 2 aromatic carbocycles. The number of rotatable bonds is 7. The monoisotopic (exact) mass is 386 g/mol. The summed E-state index contributed by atoms with van der Waals surface area (Å²) in [5.74, 6) is 1.40. The molecule has 148 valence electrons. The molecule has 1 heterocycles. The highest BCUT2D eigenvalue weighted by molar-refractivity contribution is 5.98. The summed E-state index contributed by atoms with van der Waals surface area (Å²) >= 11 is 0. The summed E-state index contributed by atoms with van der Waals surface area (Å²) in [5, 5.41) is 4.18. The molecule has 2 aromatic rings. The molecule has 0 spiro atoms. The third-order valence-corrected chi connectivity index (χ3v) is 4.15. The standard InChI is InChI=1S/C20H22N2O6/c1-14(15-8-9-18-19(10-15)27-13-26-18)21-28-11-16-6-4-5-7-17(16)22(12-24-2)20(23)25-3/h4-10H,11-13H2,1-3H3. The van der Waals surface area contributed by atoms with Crippen LogP contribution in [-0.4, -0.2) is 39.5 Å². The minimum absolute atomic E-state index is 0.0587. The molecule has 3 rings (SSSR count). The number of benzene rings is 2. The molecule has 0 saturated heterocycles. The van der Waals surface area contributed by atoms with Gasteiger partial charge in [0.15, 0.2) is 11.5 Å². The molecule has 0 unspecified atom stereocenters. The van der Waals surface area contributed by atoms with Gasteiger partial charge in [-0.25, -0.2) is 4.79 Å². The summed E-state index contributed by atoms with van der Waals surface area (Å²) in [5.41, 5.74) is 2.96. The van der Waals surface area contributed by atoms with Gasteiger partial charge < -0.3 is 23.8 Å². The number of carbonyl (C=O) groups excluding carboxylic acids is 1. The van der Waals surface area contributed by atoms with E-state index in [2.05, 4.69) is 5.16 Å². The second-order valence-corrected chi connectivity index (χ2v) is 5.96. The highest BCUT2D eigenvalue weighted by atomic mass is 16.7. The van der Waals surface area contributed by atoms with E-state index in [0.29, 0.717) is 22.9 Å². The number of ether oxygens (including phenoxy) is 4. The van der Waals surface area contributed by atoms with Gasteiger partial charge in [0.2, 0.25) is 6.79 Å². The molecule has 0 fully saturated rings. The molecule has 28 heavy (non-hydrogen) atoms. The van der Waals surface area contributed by atoms with E-state index in [1.165, 1.54) is 19.1 Å². The van der Waals surface area contributed by atoms with Gasteiger partial charge in [-0.3, -0.25) is 4.90 Å². The summed E-state index contributed by atoms with van der Waals surface area (Å²) in [6.45, 7) is 2.30. The molecule has 0 aromatic heterocycles. The fourth-order valence-electron chi connectivity index (χ4n) is 2.73. The number of nitrogens with zero attached hydrogens (tertiary/aromatic N) is 2. The lowest BCUT2D eigenvalue weighted by atomic mass is 10.1. The average molecular weight is 386 g/mol. The van der Waals surface area contributed by atoms with Crippen molar-refractivity contribution >= 4 is 17.5 Å². The van der Waals surface area contributed by atoms with Crippen molar-refractivity contribution in [2.75, 3.05) is 32.6 Å². The number of hydrogen-bond acceptors (Lipinski definition) is 7. The summed E-state index contributed by atoms with van der Waals surface area (Å²) in [6.07, 6.45) is -0.519. The van der Waals surface area contributed by atoms with Gasteiger partial charge >= 0.3 is 6.09 Å². The van der Waals surface area contributed by atoms with E-state index < -0.39 is 6.09 Å². The highest BCUT2D eigenvalue weighted by Crippen LogP contribution is 2.32. The Morgan fingerprint density at radius 2 is 1.93 bits per heavy atom. The molecular formula is C20H22N2O6. The molecule has 0 N–H and O–H groups in total. The smallest absolute Gasteiger partial charge is 0.415 e. The zero-order valence-electron chi connectivity index (χ0n) is 16.0. The van der Waals surface area contributed by atoms with Crippen molar-refractivity contribution in [2.45, 2.75) is 13.5 Å². The lowest BCUT2D eigenvalue weighted by molar-refractivity contribution is 0.129. The summed E-state index contributed by atoms with van der Waals surface area (Å²) in [4.78, 5) is 19.0. The van der Waals surface area contributed by atoms with Crippen molar-refractivity contribution in [3.05, 3.63) is 53.6 Å². The molecule has 0 aliphatic carbocycles. The number of anilines is 1. The van der Waals surface area contributed by atoms with E-state index in [-0.39, 0.29) is 20.1 Å². The molecule has 8 nitrogen and oxygen atoms in total. The Kier molecular flexibility index (Phi) is 6.33. The van der Waals surface area contributed by atoms with Crippen molar-refractivity contribution in [1.29, 1.82) is 0 Å². The molecule has 0 saturated carbocycles. The lowest BCUT2D eigenvalue weighted by Gasteiger charge is -2.22. The normalized spacial score (nSPS) is 12.6. The van der Waals surface area contributed by atoms with Gasteiger partial charge in [-0.05, 0) is 31.2 Å². The minimum atomic E-state index is -0.519. The number of carbonyl (C=O) groups is 1. The van der Waals surface area contributed by atoms with E-state index in [1.807, 2.05) is 43.3 Å². The second-order valence-electron chi connectivity index (χ2n) is 5.96. The van der Waals surface area contributed by atoms with Crippen molar-refractivity contribution < 1.29 is 28.6 Å². The highest BCUT2D eigenvalue weighted by Gasteiger charge is 2.19. The van der Waals surface area contributed by atoms with Crippen LogP contribution in [0.4, 0.5) is 10.5 Å². The van der Waals surface area contributed by atoms with Crippen LogP contribution >= 0.6 is 0 Å². The maximum Gasteiger partial charge on any atom is 0.415 e. The number of oxime groups is 1. The van der Waals surface area contributed by atoms with Crippen LogP contribution < -0.4 is 14.4 Å². The van der Waals surface area contributed by atoms with E-state index in [0.717, 1.165) is 11.1 Å². The molecule has 0 atom stereocenters. The van der Waals surface area contributed by atoms with Crippen LogP contribution in [0, 0.1) is 0 Å². The number of fused-ring (bicyclic) bond motifs is 1. The predicted octanol–water partition coefficient (Wildman–Crippen LogP) is 3.53. The van der Waals surface area contributed by atoms with Crippen LogP contribution in [-0.2, 0) is 20.9 Å². The molecule has 1 aliphatic rings. The molecule has 8 heteroatoms. The van der Waals surface area contributed by atoms with Crippen molar-refractivity contribution in [2.24, 2.45) is 5.16 Å². The Hall–Kier alpha value is -3.26. The number of hydrogen-bond donors (Lipinski definition) is 0. The maximum atomic E-state index is 12.0. The Morgan fingerprint density at radius 1 is 1.14 bits per heavy atom. The van der Waals surface area contributed by atoms with Crippen LogP contribution in [0.2, 0.25) is 0 Å². The Morgan fingerprint density at radius 3 is 2.71 bits per heavy atom. The second kappa shape index (κ2) is 9.09. The molecule has 0 bridgehead atoms. The Labute approximate surface area is 163 Å². The van der Waals surface area contributed by atoms with Gasteiger partial charge in [0, 0.05) is 18.2 Å². The van der Waals surface area contributed by atoms with Crippen LogP contribution in [0.1, 0.15) is 18.1 Å². The van der Waals surface area contributed by atoms with Crippen LogP contribution in [0.15, 0.2) is 47.6 Å². The number of amides is 1. The van der Waals surface area contributed by atoms with Crippen LogP contribution in [0.25, 0.3) is 0 Å². The summed E-state index contributed by atoms with van der Waals surface area (Å²) in [7, 11) is 2.83. The van der Waals surface area contributed by atoms with Crippen molar-refractivity contribution in [3.8, 4) is 11.5 Å². The average Bonchev–Trinajstić information content (AvgIpc) is 3.19. The van der Waals surface area contributed by atoms with Gasteiger partial charge in [0.05, 0.1) is 18.5 Å². The Balaban J connectivity index is 1.72. The lowest BCUT2D eigenvalue weighted by Crippen LogP contribution is -2.33. The molecule has 0 radical (unpaired) electrons. The first kappa shape index (κ1) is 19.5. The molecule has 1 amide bonds. The SMILES string of the molecule is COCN(C(=O)OC)c1ccccc1CON=C(C)c1ccc2c(c1)OCO2. The van der Waals surface area contributed by atoms with Gasteiger partial charge in [-0.2, -0.15) is 0 Å². The third kappa shape index (κ3) is 4.34. The van der Waals surface area contributed by atoms with Gasteiger partial charge in [0.25, 0.3) is 0 Å². The van der Waals surface area contributed by atoms with Crippen molar-refractivity contribution in [3.63, 3.8) is 0 Å². The number of methoxy groups -OCH3 is 2. The summed E-state index contributed by atoms with van der Waals surface area (Å²) < 4.78 is 20.6. The maximum absolute atomic E-state index is 12.0. The van der Waals surface area contributed by atoms with Crippen molar-refractivity contribution in [1.82, 2.24) is 0 Å². The van der Waals surface area contributed by atoms with Crippen LogP contribution in [0.3, 0.4) is 0 Å². The third-order valence-electron chi connectivity index (χ3n) is 4.15. The van der Waals surface area contributed by atoms with E-state index in [4.69, 9.17) is 23.8 Å². The first-order valence-corrected chi connectivity index (χ1v) is 8.63. The van der Waals surface area contributed by atoms with E-state index in [9.17, 15) is 4.79 Å². The zero-order chi connectivity index (χ0) is 19.9. The predicted molar refractivity (Wildman–Crippen MR) is 103 cm³/mol. The van der Waals surface area contributed by atoms with Gasteiger partial charge in [0.1, 0.15) is 13.3 Å². The quantitative estimate of drug-likeness (QED) is 0.411. The molecular weight excluding hydrogens is 364 g/mol. The fraction of sp³-hybridized carbons (Fsp3) is 0.300. The topological polar surface area (TPSA) is 78.8 Å². The molecule has 1 aliphatic heterocycles. The first-order valence-electron chi connectivity index (χ1n) is 8.63. The summed E-state index contributed by atoms with van der Waals surface area (Å²) in [6, 6.07) is 12.9.